The highest BCUT2D eigenvalue weighted by Crippen LogP contribution is 2.41. The number of rotatable bonds is 4. The Bertz CT molecular complexity index is 1340. The van der Waals surface area contributed by atoms with Crippen LogP contribution < -0.4 is 24.4 Å². The zero-order valence-electron chi connectivity index (χ0n) is 18.7. The van der Waals surface area contributed by atoms with Crippen LogP contribution in [0.3, 0.4) is 0 Å². The van der Waals surface area contributed by atoms with Gasteiger partial charge in [0.2, 0.25) is 0 Å². The average Bonchev–Trinajstić information content (AvgIpc) is 3.07. The number of benzene rings is 2. The predicted molar refractivity (Wildman–Crippen MR) is 123 cm³/mol. The summed E-state index contributed by atoms with van der Waals surface area (Å²) < 4.78 is 24.9. The molecule has 2 aliphatic rings. The van der Waals surface area contributed by atoms with Gasteiger partial charge in [-0.05, 0) is 54.8 Å². The van der Waals surface area contributed by atoms with Crippen LogP contribution in [0.25, 0.3) is 22.4 Å². The maximum atomic E-state index is 9.94. The summed E-state index contributed by atoms with van der Waals surface area (Å²) in [4.78, 5) is 0. The molecule has 0 bridgehead atoms. The first-order valence-electron chi connectivity index (χ1n) is 11.1. The Labute approximate surface area is 192 Å². The van der Waals surface area contributed by atoms with E-state index in [1.54, 1.807) is 7.11 Å². The van der Waals surface area contributed by atoms with Gasteiger partial charge in [-0.15, -0.1) is 0 Å². The highest BCUT2D eigenvalue weighted by atomic mass is 16.5. The van der Waals surface area contributed by atoms with Gasteiger partial charge in [0, 0.05) is 24.1 Å². The number of ether oxygens (including phenoxy) is 4. The molecule has 0 unspecified atom stereocenters. The van der Waals surface area contributed by atoms with E-state index in [-0.39, 0.29) is 5.49 Å². The quantitative estimate of drug-likeness (QED) is 0.649. The third kappa shape index (κ3) is 3.58. The Morgan fingerprint density at radius 2 is 1.85 bits per heavy atom. The van der Waals surface area contributed by atoms with Crippen LogP contribution in [0, 0.1) is 16.7 Å². The van der Waals surface area contributed by atoms with Gasteiger partial charge in [-0.2, -0.15) is 5.26 Å². The first-order chi connectivity index (χ1) is 16.1. The number of methoxy groups -OCH3 is 1. The van der Waals surface area contributed by atoms with Gasteiger partial charge in [0.05, 0.1) is 32.6 Å². The van der Waals surface area contributed by atoms with Gasteiger partial charge in [0.15, 0.2) is 23.0 Å². The standard InChI is InChI=1S/C26H25N3O4/c1-3-31-23-11-16(5-6-22(23)30-2)18-13-21-19-14-25-24(32-9-4-10-33-25)12-17(19)7-8-29(21)26(28)20(18)15-27/h5-6,11-14,28H,3-4,7-10H2,1-2H3. The predicted octanol–water partition coefficient (Wildman–Crippen LogP) is 4.30. The molecule has 7 heteroatoms. The molecular formula is C26H25N3O4. The second-order valence-corrected chi connectivity index (χ2v) is 7.99. The lowest BCUT2D eigenvalue weighted by atomic mass is 9.92. The summed E-state index contributed by atoms with van der Waals surface area (Å²) in [6, 6.07) is 13.9. The molecule has 0 spiro atoms. The van der Waals surface area contributed by atoms with Gasteiger partial charge in [0.1, 0.15) is 17.1 Å². The molecular weight excluding hydrogens is 418 g/mol. The Morgan fingerprint density at radius 3 is 2.58 bits per heavy atom. The molecule has 5 rings (SSSR count). The lowest BCUT2D eigenvalue weighted by Crippen LogP contribution is -2.28. The molecule has 0 saturated carbocycles. The van der Waals surface area contributed by atoms with Crippen LogP contribution >= 0.6 is 0 Å². The van der Waals surface area contributed by atoms with E-state index < -0.39 is 0 Å². The largest absolute Gasteiger partial charge is 0.493 e. The van der Waals surface area contributed by atoms with E-state index >= 15 is 0 Å². The number of aromatic nitrogens is 1. The van der Waals surface area contributed by atoms with E-state index in [0.717, 1.165) is 46.7 Å². The lowest BCUT2D eigenvalue weighted by Gasteiger charge is -2.25. The van der Waals surface area contributed by atoms with E-state index in [1.165, 1.54) is 0 Å². The summed E-state index contributed by atoms with van der Waals surface area (Å²) in [7, 11) is 1.60. The molecule has 33 heavy (non-hydrogen) atoms. The van der Waals surface area contributed by atoms with Crippen molar-refractivity contribution in [3.63, 3.8) is 0 Å². The monoisotopic (exact) mass is 443 g/mol. The highest BCUT2D eigenvalue weighted by Gasteiger charge is 2.24. The van der Waals surface area contributed by atoms with Crippen LogP contribution in [-0.2, 0) is 13.0 Å². The highest BCUT2D eigenvalue weighted by molar-refractivity contribution is 5.79. The van der Waals surface area contributed by atoms with Gasteiger partial charge >= 0.3 is 0 Å². The van der Waals surface area contributed by atoms with Crippen molar-refractivity contribution in [2.75, 3.05) is 26.9 Å². The van der Waals surface area contributed by atoms with E-state index in [2.05, 4.69) is 12.1 Å². The maximum Gasteiger partial charge on any atom is 0.161 e. The Kier molecular flexibility index (Phi) is 5.43. The minimum atomic E-state index is 0.205. The Morgan fingerprint density at radius 1 is 1.06 bits per heavy atom. The van der Waals surface area contributed by atoms with Crippen LogP contribution in [0.1, 0.15) is 24.5 Å². The second-order valence-electron chi connectivity index (χ2n) is 7.99. The third-order valence-electron chi connectivity index (χ3n) is 6.09. The Balaban J connectivity index is 1.71. The fourth-order valence-corrected chi connectivity index (χ4v) is 4.51. The molecule has 0 amide bonds. The van der Waals surface area contributed by atoms with Gasteiger partial charge in [-0.3, -0.25) is 5.41 Å². The third-order valence-corrected chi connectivity index (χ3v) is 6.09. The number of pyridine rings is 1. The number of hydrogen-bond acceptors (Lipinski definition) is 6. The minimum absolute atomic E-state index is 0.205. The molecule has 0 fully saturated rings. The first kappa shape index (κ1) is 21.0. The second kappa shape index (κ2) is 8.55. The first-order valence-corrected chi connectivity index (χ1v) is 11.1. The molecule has 0 radical (unpaired) electrons. The molecule has 3 aromatic rings. The fourth-order valence-electron chi connectivity index (χ4n) is 4.51. The number of nitriles is 1. The SMILES string of the molecule is CCOc1cc(-c2cc3n(c(=N)c2C#N)CCc2cc4c(cc2-3)OCCCO4)ccc1OC. The van der Waals surface area contributed by atoms with Crippen LogP contribution in [-0.4, -0.2) is 31.5 Å². The lowest BCUT2D eigenvalue weighted by molar-refractivity contribution is 0.297. The van der Waals surface area contributed by atoms with E-state index in [0.29, 0.717) is 49.0 Å². The van der Waals surface area contributed by atoms with Crippen LogP contribution in [0.2, 0.25) is 0 Å². The molecule has 2 aliphatic heterocycles. The smallest absolute Gasteiger partial charge is 0.161 e. The van der Waals surface area contributed by atoms with Crippen LogP contribution in [0.4, 0.5) is 0 Å². The molecule has 2 aromatic carbocycles. The molecule has 1 aromatic heterocycles. The van der Waals surface area contributed by atoms with E-state index in [4.69, 9.17) is 24.4 Å². The number of nitrogens with one attached hydrogen (secondary N) is 1. The van der Waals surface area contributed by atoms with Gasteiger partial charge < -0.3 is 23.5 Å². The number of aryl methyl sites for hydroxylation is 1. The molecule has 0 aliphatic carbocycles. The fraction of sp³-hybridized carbons (Fsp3) is 0.308. The van der Waals surface area contributed by atoms with E-state index in [1.807, 2.05) is 41.8 Å². The summed E-state index contributed by atoms with van der Waals surface area (Å²) >= 11 is 0. The van der Waals surface area contributed by atoms with Crippen LogP contribution in [0.15, 0.2) is 36.4 Å². The van der Waals surface area contributed by atoms with Crippen LogP contribution in [0.5, 0.6) is 23.0 Å². The van der Waals surface area contributed by atoms with Gasteiger partial charge in [0.25, 0.3) is 0 Å². The average molecular weight is 444 g/mol. The van der Waals surface area contributed by atoms with E-state index in [9.17, 15) is 5.26 Å². The zero-order valence-corrected chi connectivity index (χ0v) is 18.7. The van der Waals surface area contributed by atoms with Crippen molar-refractivity contribution in [3.8, 4) is 51.5 Å². The molecule has 168 valence electrons. The summed E-state index contributed by atoms with van der Waals surface area (Å²) in [5.74, 6) is 2.73. The van der Waals surface area contributed by atoms with Crippen molar-refractivity contribution in [2.45, 2.75) is 26.3 Å². The summed E-state index contributed by atoms with van der Waals surface area (Å²) in [6.45, 7) is 4.29. The van der Waals surface area contributed by atoms with Crippen molar-refractivity contribution >= 4 is 0 Å². The minimum Gasteiger partial charge on any atom is -0.493 e. The summed E-state index contributed by atoms with van der Waals surface area (Å²) in [5.41, 5.74) is 5.08. The Hall–Kier alpha value is -3.92. The molecule has 0 saturated heterocycles. The van der Waals surface area contributed by atoms with Gasteiger partial charge in [-0.25, -0.2) is 0 Å². The normalized spacial score (nSPS) is 13.8. The summed E-state index contributed by atoms with van der Waals surface area (Å²) in [5, 5.41) is 18.8. The molecule has 0 atom stereocenters. The maximum absolute atomic E-state index is 9.94. The zero-order chi connectivity index (χ0) is 22.9. The van der Waals surface area contributed by atoms with Crippen molar-refractivity contribution in [3.05, 3.63) is 53.0 Å². The van der Waals surface area contributed by atoms with Gasteiger partial charge in [-0.1, -0.05) is 6.07 Å². The number of hydrogen-bond donors (Lipinski definition) is 1. The van der Waals surface area contributed by atoms with Crippen molar-refractivity contribution in [1.29, 1.82) is 10.7 Å². The summed E-state index contributed by atoms with van der Waals surface area (Å²) in [6.07, 6.45) is 1.60. The van der Waals surface area contributed by atoms with Crippen molar-refractivity contribution in [1.82, 2.24) is 4.57 Å². The topological polar surface area (TPSA) is 89.5 Å². The molecule has 3 heterocycles. The molecule has 1 N–H and O–H groups in total. The number of nitrogens with zero attached hydrogens (tertiary/aromatic N) is 2. The number of fused-ring (bicyclic) bond motifs is 4. The van der Waals surface area contributed by atoms with Crippen molar-refractivity contribution < 1.29 is 18.9 Å². The van der Waals surface area contributed by atoms with Crippen molar-refractivity contribution in [2.24, 2.45) is 0 Å². The molecule has 7 nitrogen and oxygen atoms in total.